The molecule has 5 rings (SSSR count). The summed E-state index contributed by atoms with van der Waals surface area (Å²) in [5.41, 5.74) is 3.09. The molecule has 0 aliphatic carbocycles. The standard InChI is InChI=1S/C27H26N2O3/c1-30-17-20(31-2)15-16-32-19-13-11-18(12-14-19)27-28-25-23-9-5-3-7-21(23)22-8-4-6-10-24(22)26(25)29-27/h3-14,20H,15-17H2,1-2H3,(H,28,29). The zero-order chi connectivity index (χ0) is 21.9. The largest absolute Gasteiger partial charge is 0.493 e. The molecule has 0 saturated heterocycles. The van der Waals surface area contributed by atoms with Crippen molar-refractivity contribution in [3.8, 4) is 17.1 Å². The summed E-state index contributed by atoms with van der Waals surface area (Å²) >= 11 is 0. The lowest BCUT2D eigenvalue weighted by Gasteiger charge is -2.14. The van der Waals surface area contributed by atoms with Crippen molar-refractivity contribution in [1.82, 2.24) is 9.97 Å². The number of imidazole rings is 1. The van der Waals surface area contributed by atoms with Gasteiger partial charge in [0.1, 0.15) is 11.6 Å². The zero-order valence-electron chi connectivity index (χ0n) is 18.3. The first-order valence-electron chi connectivity index (χ1n) is 10.8. The number of nitrogens with one attached hydrogen (secondary N) is 1. The normalized spacial score (nSPS) is 12.6. The maximum absolute atomic E-state index is 5.88. The van der Waals surface area contributed by atoms with Crippen molar-refractivity contribution in [3.05, 3.63) is 72.8 Å². The average Bonchev–Trinajstić information content (AvgIpc) is 3.30. The number of methoxy groups -OCH3 is 2. The van der Waals surface area contributed by atoms with Crippen LogP contribution in [-0.4, -0.2) is 43.5 Å². The summed E-state index contributed by atoms with van der Waals surface area (Å²) in [4.78, 5) is 8.54. The number of ether oxygens (including phenoxy) is 3. The number of H-pyrrole nitrogens is 1. The molecule has 0 amide bonds. The first-order chi connectivity index (χ1) is 15.8. The van der Waals surface area contributed by atoms with E-state index in [1.165, 1.54) is 16.2 Å². The van der Waals surface area contributed by atoms with Gasteiger partial charge in [0.05, 0.1) is 30.4 Å². The average molecular weight is 427 g/mol. The van der Waals surface area contributed by atoms with Crippen molar-refractivity contribution < 1.29 is 14.2 Å². The van der Waals surface area contributed by atoms with E-state index in [0.29, 0.717) is 13.2 Å². The predicted molar refractivity (Wildman–Crippen MR) is 129 cm³/mol. The Hall–Kier alpha value is -3.41. The van der Waals surface area contributed by atoms with Gasteiger partial charge in [-0.1, -0.05) is 48.5 Å². The fraction of sp³-hybridized carbons (Fsp3) is 0.222. The van der Waals surface area contributed by atoms with E-state index in [1.54, 1.807) is 14.2 Å². The van der Waals surface area contributed by atoms with Crippen LogP contribution >= 0.6 is 0 Å². The third-order valence-corrected chi connectivity index (χ3v) is 5.89. The molecule has 1 heterocycles. The molecule has 1 unspecified atom stereocenters. The molecule has 0 fully saturated rings. The minimum absolute atomic E-state index is 0.0412. The van der Waals surface area contributed by atoms with Crippen LogP contribution in [0.1, 0.15) is 6.42 Å². The van der Waals surface area contributed by atoms with Crippen LogP contribution in [0.2, 0.25) is 0 Å². The van der Waals surface area contributed by atoms with Crippen molar-refractivity contribution in [2.45, 2.75) is 12.5 Å². The van der Waals surface area contributed by atoms with Crippen LogP contribution < -0.4 is 4.74 Å². The number of rotatable bonds is 8. The number of nitrogens with zero attached hydrogens (tertiary/aromatic N) is 1. The fourth-order valence-electron chi connectivity index (χ4n) is 4.23. The maximum Gasteiger partial charge on any atom is 0.138 e. The van der Waals surface area contributed by atoms with Gasteiger partial charge in [0, 0.05) is 37.0 Å². The van der Waals surface area contributed by atoms with Crippen LogP contribution in [0.25, 0.3) is 44.0 Å². The van der Waals surface area contributed by atoms with Gasteiger partial charge in [0.25, 0.3) is 0 Å². The van der Waals surface area contributed by atoms with Crippen LogP contribution in [-0.2, 0) is 9.47 Å². The molecule has 32 heavy (non-hydrogen) atoms. The molecule has 1 aromatic heterocycles. The minimum atomic E-state index is 0.0412. The predicted octanol–water partition coefficient (Wildman–Crippen LogP) is 5.97. The smallest absolute Gasteiger partial charge is 0.138 e. The number of benzene rings is 4. The van der Waals surface area contributed by atoms with Crippen molar-refractivity contribution in [1.29, 1.82) is 0 Å². The van der Waals surface area contributed by atoms with Gasteiger partial charge in [-0.15, -0.1) is 0 Å². The monoisotopic (exact) mass is 426 g/mol. The highest BCUT2D eigenvalue weighted by Gasteiger charge is 2.13. The molecule has 5 nitrogen and oxygen atoms in total. The van der Waals surface area contributed by atoms with E-state index in [1.807, 2.05) is 24.3 Å². The molecule has 0 aliphatic rings. The Morgan fingerprint density at radius 1 is 0.812 bits per heavy atom. The second-order valence-corrected chi connectivity index (χ2v) is 7.87. The zero-order valence-corrected chi connectivity index (χ0v) is 18.3. The molecule has 0 aliphatic heterocycles. The van der Waals surface area contributed by atoms with Crippen molar-refractivity contribution in [2.24, 2.45) is 0 Å². The van der Waals surface area contributed by atoms with Crippen molar-refractivity contribution in [2.75, 3.05) is 27.4 Å². The third kappa shape index (κ3) is 3.81. The Kier molecular flexibility index (Phi) is 5.75. The molecule has 5 heteroatoms. The Balaban J connectivity index is 1.44. The fourth-order valence-corrected chi connectivity index (χ4v) is 4.23. The van der Waals surface area contributed by atoms with E-state index in [-0.39, 0.29) is 6.10 Å². The first kappa shape index (κ1) is 20.5. The SMILES string of the molecule is COCC(CCOc1ccc(-c2nc3c4ccccc4c4ccccc4c3[nH]2)cc1)OC. The number of hydrogen-bond acceptors (Lipinski definition) is 4. The van der Waals surface area contributed by atoms with Crippen LogP contribution in [0.5, 0.6) is 5.75 Å². The molecule has 0 bridgehead atoms. The van der Waals surface area contributed by atoms with E-state index in [4.69, 9.17) is 19.2 Å². The van der Waals surface area contributed by atoms with Crippen LogP contribution in [0.4, 0.5) is 0 Å². The van der Waals surface area contributed by atoms with Gasteiger partial charge in [-0.05, 0) is 35.0 Å². The highest BCUT2D eigenvalue weighted by atomic mass is 16.5. The Bertz CT molecular complexity index is 1290. The number of aromatic amines is 1. The van der Waals surface area contributed by atoms with E-state index in [9.17, 15) is 0 Å². The molecule has 5 aromatic rings. The van der Waals surface area contributed by atoms with Gasteiger partial charge >= 0.3 is 0 Å². The third-order valence-electron chi connectivity index (χ3n) is 5.89. The highest BCUT2D eigenvalue weighted by Crippen LogP contribution is 2.35. The molecule has 1 N–H and O–H groups in total. The van der Waals surface area contributed by atoms with Gasteiger partial charge in [-0.3, -0.25) is 0 Å². The van der Waals surface area contributed by atoms with E-state index >= 15 is 0 Å². The molecular weight excluding hydrogens is 400 g/mol. The van der Waals surface area contributed by atoms with Gasteiger partial charge in [0.2, 0.25) is 0 Å². The molecule has 4 aromatic carbocycles. The lowest BCUT2D eigenvalue weighted by molar-refractivity contribution is 0.0161. The highest BCUT2D eigenvalue weighted by molar-refractivity contribution is 6.23. The molecular formula is C27H26N2O3. The maximum atomic E-state index is 5.88. The van der Waals surface area contributed by atoms with Gasteiger partial charge in [0.15, 0.2) is 0 Å². The summed E-state index contributed by atoms with van der Waals surface area (Å²) in [6.07, 6.45) is 0.815. The second kappa shape index (κ2) is 8.99. The topological polar surface area (TPSA) is 56.4 Å². The summed E-state index contributed by atoms with van der Waals surface area (Å²) in [7, 11) is 3.37. The Labute approximate surface area is 186 Å². The summed E-state index contributed by atoms with van der Waals surface area (Å²) in [5.74, 6) is 1.68. The second-order valence-electron chi connectivity index (χ2n) is 7.87. The minimum Gasteiger partial charge on any atom is -0.493 e. The Morgan fingerprint density at radius 3 is 2.16 bits per heavy atom. The van der Waals surface area contributed by atoms with Crippen molar-refractivity contribution in [3.63, 3.8) is 0 Å². The lowest BCUT2D eigenvalue weighted by Crippen LogP contribution is -2.20. The number of aromatic nitrogens is 2. The quantitative estimate of drug-likeness (QED) is 0.311. The molecule has 1 atom stereocenters. The van der Waals surface area contributed by atoms with Gasteiger partial charge in [-0.2, -0.15) is 0 Å². The van der Waals surface area contributed by atoms with Gasteiger partial charge < -0.3 is 19.2 Å². The summed E-state index contributed by atoms with van der Waals surface area (Å²) < 4.78 is 16.4. The van der Waals surface area contributed by atoms with E-state index in [2.05, 4.69) is 53.5 Å². The summed E-state index contributed by atoms with van der Waals surface area (Å²) in [6, 6.07) is 25.0. The first-order valence-corrected chi connectivity index (χ1v) is 10.8. The van der Waals surface area contributed by atoms with Crippen LogP contribution in [0, 0.1) is 0 Å². The van der Waals surface area contributed by atoms with Crippen molar-refractivity contribution >= 4 is 32.6 Å². The molecule has 0 saturated carbocycles. The molecule has 0 spiro atoms. The van der Waals surface area contributed by atoms with Gasteiger partial charge in [-0.25, -0.2) is 4.98 Å². The van der Waals surface area contributed by atoms with E-state index in [0.717, 1.165) is 40.0 Å². The summed E-state index contributed by atoms with van der Waals surface area (Å²) in [5, 5.41) is 4.80. The summed E-state index contributed by atoms with van der Waals surface area (Å²) in [6.45, 7) is 1.14. The number of hydrogen-bond donors (Lipinski definition) is 1. The lowest BCUT2D eigenvalue weighted by atomic mass is 10.0. The van der Waals surface area contributed by atoms with Crippen LogP contribution in [0.15, 0.2) is 72.8 Å². The Morgan fingerprint density at radius 2 is 1.47 bits per heavy atom. The van der Waals surface area contributed by atoms with E-state index < -0.39 is 0 Å². The number of fused-ring (bicyclic) bond motifs is 6. The molecule has 0 radical (unpaired) electrons. The molecule has 162 valence electrons. The van der Waals surface area contributed by atoms with Crippen LogP contribution in [0.3, 0.4) is 0 Å².